The number of nitro groups is 1. The largest absolute Gasteiger partial charge is 0.507 e. The first-order chi connectivity index (χ1) is 10.1. The smallest absolute Gasteiger partial charge is 0.251 e. The van der Waals surface area contributed by atoms with Crippen LogP contribution in [0.4, 0.5) is 0 Å². The number of phenolic OH excluding ortho intramolecular Hbond substituents is 1. The predicted octanol–water partition coefficient (Wildman–Crippen LogP) is 3.26. The summed E-state index contributed by atoms with van der Waals surface area (Å²) in [6, 6.07) is 13.8. The van der Waals surface area contributed by atoms with Gasteiger partial charge in [-0.3, -0.25) is 10.1 Å². The van der Waals surface area contributed by atoms with Crippen LogP contribution in [0.1, 0.15) is 11.1 Å². The minimum atomic E-state index is -0.439. The molecule has 5 nitrogen and oxygen atoms in total. The lowest BCUT2D eigenvalue weighted by atomic mass is 10.1. The van der Waals surface area contributed by atoms with Gasteiger partial charge in [0.15, 0.2) is 0 Å². The van der Waals surface area contributed by atoms with Gasteiger partial charge in [0.2, 0.25) is 0 Å². The number of allylic oxidation sites excluding steroid dienone is 1. The fraction of sp³-hybridized carbons (Fsp3) is 0.125. The molecule has 0 heterocycles. The molecule has 0 aliphatic carbocycles. The number of benzene rings is 2. The molecule has 2 aromatic rings. The minimum Gasteiger partial charge on any atom is -0.507 e. The summed E-state index contributed by atoms with van der Waals surface area (Å²) in [5.41, 5.74) is 1.20. The van der Waals surface area contributed by atoms with E-state index < -0.39 is 4.92 Å². The van der Waals surface area contributed by atoms with Crippen LogP contribution in [-0.2, 0) is 6.42 Å². The van der Waals surface area contributed by atoms with E-state index in [1.807, 2.05) is 30.3 Å². The molecule has 21 heavy (non-hydrogen) atoms. The summed E-state index contributed by atoms with van der Waals surface area (Å²) in [7, 11) is 1.50. The first-order valence-corrected chi connectivity index (χ1v) is 6.36. The fourth-order valence-electron chi connectivity index (χ4n) is 1.93. The molecule has 0 fully saturated rings. The highest BCUT2D eigenvalue weighted by Gasteiger charge is 2.13. The lowest BCUT2D eigenvalue weighted by Gasteiger charge is -2.04. The normalized spacial score (nSPS) is 11.2. The van der Waals surface area contributed by atoms with Crippen LogP contribution in [0.5, 0.6) is 11.5 Å². The molecular weight excluding hydrogens is 270 g/mol. The maximum absolute atomic E-state index is 11.2. The molecule has 5 heteroatoms. The van der Waals surface area contributed by atoms with Crippen molar-refractivity contribution in [2.45, 2.75) is 6.42 Å². The highest BCUT2D eigenvalue weighted by Crippen LogP contribution is 2.26. The summed E-state index contributed by atoms with van der Waals surface area (Å²) in [5, 5.41) is 21.0. The van der Waals surface area contributed by atoms with E-state index >= 15 is 0 Å². The SMILES string of the molecule is COc1ccc(O)c(C=C(Cc2ccccc2)[N+](=O)[O-])c1. The Bertz CT molecular complexity index is 665. The van der Waals surface area contributed by atoms with Crippen LogP contribution < -0.4 is 4.74 Å². The zero-order valence-electron chi connectivity index (χ0n) is 11.5. The van der Waals surface area contributed by atoms with Gasteiger partial charge in [-0.25, -0.2) is 0 Å². The monoisotopic (exact) mass is 285 g/mol. The quantitative estimate of drug-likeness (QED) is 0.676. The van der Waals surface area contributed by atoms with Crippen molar-refractivity contribution in [3.8, 4) is 11.5 Å². The van der Waals surface area contributed by atoms with Crippen molar-refractivity contribution in [3.63, 3.8) is 0 Å². The predicted molar refractivity (Wildman–Crippen MR) is 79.8 cm³/mol. The maximum Gasteiger partial charge on any atom is 0.251 e. The van der Waals surface area contributed by atoms with Crippen molar-refractivity contribution >= 4 is 6.08 Å². The number of ether oxygens (including phenoxy) is 1. The molecule has 0 aliphatic rings. The third kappa shape index (κ3) is 3.82. The van der Waals surface area contributed by atoms with Crippen molar-refractivity contribution in [2.24, 2.45) is 0 Å². The molecule has 0 saturated heterocycles. The fourth-order valence-corrected chi connectivity index (χ4v) is 1.93. The summed E-state index contributed by atoms with van der Waals surface area (Å²) >= 11 is 0. The Morgan fingerprint density at radius 3 is 2.62 bits per heavy atom. The van der Waals surface area contributed by atoms with Crippen LogP contribution in [0.2, 0.25) is 0 Å². The van der Waals surface area contributed by atoms with Crippen molar-refractivity contribution in [3.05, 3.63) is 75.5 Å². The molecule has 0 aliphatic heterocycles. The van der Waals surface area contributed by atoms with Gasteiger partial charge in [-0.15, -0.1) is 0 Å². The van der Waals surface area contributed by atoms with Gasteiger partial charge in [-0.05, 0) is 23.8 Å². The Labute approximate surface area is 122 Å². The molecule has 2 aromatic carbocycles. The zero-order valence-corrected chi connectivity index (χ0v) is 11.5. The van der Waals surface area contributed by atoms with Crippen molar-refractivity contribution in [2.75, 3.05) is 7.11 Å². The molecule has 0 radical (unpaired) electrons. The first kappa shape index (κ1) is 14.6. The number of hydrogen-bond acceptors (Lipinski definition) is 4. The van der Waals surface area contributed by atoms with E-state index in [1.165, 1.54) is 19.3 Å². The second-order valence-electron chi connectivity index (χ2n) is 4.48. The number of methoxy groups -OCH3 is 1. The van der Waals surface area contributed by atoms with E-state index in [1.54, 1.807) is 12.1 Å². The van der Waals surface area contributed by atoms with E-state index in [9.17, 15) is 15.2 Å². The van der Waals surface area contributed by atoms with Crippen LogP contribution in [-0.4, -0.2) is 17.1 Å². The lowest BCUT2D eigenvalue weighted by Crippen LogP contribution is -2.02. The van der Waals surface area contributed by atoms with Crippen molar-refractivity contribution in [1.82, 2.24) is 0 Å². The summed E-state index contributed by atoms with van der Waals surface area (Å²) in [6.07, 6.45) is 1.55. The van der Waals surface area contributed by atoms with Gasteiger partial charge >= 0.3 is 0 Å². The average molecular weight is 285 g/mol. The average Bonchev–Trinajstić information content (AvgIpc) is 2.49. The molecule has 0 atom stereocenters. The van der Waals surface area contributed by atoms with Gasteiger partial charge < -0.3 is 9.84 Å². The lowest BCUT2D eigenvalue weighted by molar-refractivity contribution is -0.425. The molecular formula is C16H15NO4. The van der Waals surface area contributed by atoms with Crippen LogP contribution in [0.25, 0.3) is 6.08 Å². The van der Waals surface area contributed by atoms with Gasteiger partial charge in [-0.1, -0.05) is 30.3 Å². The van der Waals surface area contributed by atoms with Crippen LogP contribution >= 0.6 is 0 Å². The van der Waals surface area contributed by atoms with Crippen molar-refractivity contribution < 1.29 is 14.8 Å². The first-order valence-electron chi connectivity index (χ1n) is 6.36. The molecule has 2 rings (SSSR count). The highest BCUT2D eigenvalue weighted by atomic mass is 16.6. The van der Waals surface area contributed by atoms with E-state index in [2.05, 4.69) is 0 Å². The summed E-state index contributed by atoms with van der Waals surface area (Å²) in [5.74, 6) is 0.504. The number of nitrogens with zero attached hydrogens (tertiary/aromatic N) is 1. The van der Waals surface area contributed by atoms with E-state index in [4.69, 9.17) is 4.74 Å². The number of aromatic hydroxyl groups is 1. The number of hydrogen-bond donors (Lipinski definition) is 1. The summed E-state index contributed by atoms with van der Waals surface area (Å²) < 4.78 is 5.06. The molecule has 0 amide bonds. The topological polar surface area (TPSA) is 72.6 Å². The second kappa shape index (κ2) is 6.56. The third-order valence-electron chi connectivity index (χ3n) is 3.02. The zero-order chi connectivity index (χ0) is 15.2. The van der Waals surface area contributed by atoms with Gasteiger partial charge in [0.05, 0.1) is 18.5 Å². The Kier molecular flexibility index (Phi) is 4.56. The molecule has 0 aromatic heterocycles. The Hall–Kier alpha value is -2.82. The molecule has 0 saturated carbocycles. The highest BCUT2D eigenvalue weighted by molar-refractivity contribution is 5.60. The van der Waals surface area contributed by atoms with Gasteiger partial charge in [0.1, 0.15) is 11.5 Å². The van der Waals surface area contributed by atoms with E-state index in [0.29, 0.717) is 11.3 Å². The second-order valence-corrected chi connectivity index (χ2v) is 4.48. The molecule has 0 spiro atoms. The molecule has 108 valence electrons. The number of phenols is 1. The minimum absolute atomic E-state index is 0.00440. The Morgan fingerprint density at radius 1 is 1.29 bits per heavy atom. The van der Waals surface area contributed by atoms with Gasteiger partial charge in [0.25, 0.3) is 5.70 Å². The van der Waals surface area contributed by atoms with Crippen LogP contribution in [0, 0.1) is 10.1 Å². The van der Waals surface area contributed by atoms with Gasteiger partial charge in [0, 0.05) is 11.6 Å². The summed E-state index contributed by atoms with van der Waals surface area (Å²) in [6.45, 7) is 0. The van der Waals surface area contributed by atoms with Gasteiger partial charge in [-0.2, -0.15) is 0 Å². The third-order valence-corrected chi connectivity index (χ3v) is 3.02. The molecule has 1 N–H and O–H groups in total. The Morgan fingerprint density at radius 2 is 2.00 bits per heavy atom. The molecule has 0 bridgehead atoms. The standard InChI is InChI=1S/C16H15NO4/c1-21-15-7-8-16(18)13(11-15)10-14(17(19)20)9-12-5-3-2-4-6-12/h2-8,10-11,18H,9H2,1H3. The molecule has 0 unspecified atom stereocenters. The summed E-state index contributed by atoms with van der Waals surface area (Å²) in [4.78, 5) is 10.8. The number of rotatable bonds is 5. The van der Waals surface area contributed by atoms with E-state index in [-0.39, 0.29) is 17.9 Å². The Balaban J connectivity index is 2.36. The maximum atomic E-state index is 11.2. The van der Waals surface area contributed by atoms with E-state index in [0.717, 1.165) is 5.56 Å². The van der Waals surface area contributed by atoms with Crippen LogP contribution in [0.3, 0.4) is 0 Å². The van der Waals surface area contributed by atoms with Crippen LogP contribution in [0.15, 0.2) is 54.2 Å². The van der Waals surface area contributed by atoms with Crippen molar-refractivity contribution in [1.29, 1.82) is 0 Å².